The summed E-state index contributed by atoms with van der Waals surface area (Å²) in [6.45, 7) is 0. The number of nitrogens with zero attached hydrogens (tertiary/aromatic N) is 2. The Kier molecular flexibility index (Phi) is 5.18. The summed E-state index contributed by atoms with van der Waals surface area (Å²) in [5, 5.41) is 1.16. The first-order valence-electron chi connectivity index (χ1n) is 5.78. The Bertz CT molecular complexity index is 661. The lowest BCUT2D eigenvalue weighted by Crippen LogP contribution is -2.58. The fourth-order valence-electron chi connectivity index (χ4n) is 1.67. The topological polar surface area (TPSA) is 115 Å². The third-order valence-corrected chi connectivity index (χ3v) is 3.48. The number of thiazole rings is 1. The van der Waals surface area contributed by atoms with Gasteiger partial charge in [0.15, 0.2) is 0 Å². The Labute approximate surface area is 126 Å². The fourth-order valence-corrected chi connectivity index (χ4v) is 2.67. The van der Waals surface area contributed by atoms with Gasteiger partial charge in [-0.3, -0.25) is 4.98 Å². The highest BCUT2D eigenvalue weighted by Gasteiger charge is 2.03. The van der Waals surface area contributed by atoms with Crippen molar-refractivity contribution < 1.29 is 28.9 Å². The van der Waals surface area contributed by atoms with Crippen molar-refractivity contribution in [2.24, 2.45) is 0 Å². The van der Waals surface area contributed by atoms with Crippen LogP contribution in [0.1, 0.15) is 10.6 Å². The molecule has 0 aliphatic rings. The molecule has 0 radical (unpaired) electrons. The molecule has 0 fully saturated rings. The molecule has 0 atom stereocenters. The molecule has 1 aromatic carbocycles. The second-order valence-corrected chi connectivity index (χ2v) is 5.91. The van der Waals surface area contributed by atoms with E-state index in [-0.39, 0.29) is 0 Å². The number of benzene rings is 1. The zero-order valence-electron chi connectivity index (χ0n) is 10.7. The van der Waals surface area contributed by atoms with Crippen molar-refractivity contribution in [2.75, 3.05) is 0 Å². The van der Waals surface area contributed by atoms with Gasteiger partial charge in [-0.15, -0.1) is 11.3 Å². The molecule has 2 aromatic heterocycles. The molecule has 0 saturated heterocycles. The molecule has 0 saturated carbocycles. The van der Waals surface area contributed by atoms with Crippen molar-refractivity contribution in [1.29, 1.82) is 0 Å². The van der Waals surface area contributed by atoms with E-state index in [1.165, 1.54) is 10.3 Å². The predicted molar refractivity (Wildman–Crippen MR) is 68.9 cm³/mol. The minimum Gasteiger partial charge on any atom is -0.265 e. The molecule has 3 rings (SSSR count). The fraction of sp³-hybridized carbons (Fsp3) is 0.0769. The van der Waals surface area contributed by atoms with Crippen LogP contribution in [-0.4, -0.2) is 14.6 Å². The van der Waals surface area contributed by atoms with Gasteiger partial charge in [0.1, 0.15) is 0 Å². The van der Waals surface area contributed by atoms with E-state index in [9.17, 15) is 0 Å². The highest BCUT2D eigenvalue weighted by Crippen LogP contribution is 2.23. The van der Waals surface area contributed by atoms with Gasteiger partial charge in [0.2, 0.25) is 0 Å². The molecule has 110 valence electrons. The number of rotatable bonds is 2. The molecular weight excluding hydrogens is 316 g/mol. The molecule has 21 heavy (non-hydrogen) atoms. The number of para-hydroxylation sites is 1. The molecular formula is C13H11ClN2O4S. The van der Waals surface area contributed by atoms with Gasteiger partial charge in [-0.25, -0.2) is 4.98 Å². The Hall–Kier alpha value is -1.61. The standard InChI is InChI=1S/C13H10N2S.ClHO4/c1-2-4-12-11(3-1)15-13(16-12)9-10-5-7-14-8-6-10;2-1(3,4)5/h1-8H,9H2;(H,2,3,4,5). The molecule has 0 aliphatic heterocycles. The Balaban J connectivity index is 0.000000282. The van der Waals surface area contributed by atoms with Crippen LogP contribution in [0, 0.1) is 10.2 Å². The number of hydrogen-bond acceptors (Lipinski definition) is 7. The van der Waals surface area contributed by atoms with Crippen LogP contribution in [0.15, 0.2) is 48.8 Å². The van der Waals surface area contributed by atoms with Gasteiger partial charge in [-0.1, -0.05) is 12.1 Å². The van der Waals surface area contributed by atoms with Gasteiger partial charge >= 0.3 is 0 Å². The molecule has 6 nitrogen and oxygen atoms in total. The maximum atomic E-state index is 8.60. The number of fused-ring (bicyclic) bond motifs is 1. The Morgan fingerprint density at radius 2 is 1.67 bits per heavy atom. The minimum absolute atomic E-state index is 0.891. The van der Waals surface area contributed by atoms with Crippen molar-refractivity contribution in [3.05, 3.63) is 59.4 Å². The molecule has 0 bridgehead atoms. The van der Waals surface area contributed by atoms with Crippen LogP contribution in [0.5, 0.6) is 0 Å². The number of pyridine rings is 1. The second kappa shape index (κ2) is 6.90. The molecule has 8 heteroatoms. The molecule has 0 amide bonds. The van der Waals surface area contributed by atoms with E-state index >= 15 is 0 Å². The first kappa shape index (κ1) is 15.8. The molecule has 0 aliphatic carbocycles. The summed E-state index contributed by atoms with van der Waals surface area (Å²) < 4.78 is 34.0. The quantitative estimate of drug-likeness (QED) is 0.656. The van der Waals surface area contributed by atoms with Gasteiger partial charge < -0.3 is 0 Å². The summed E-state index contributed by atoms with van der Waals surface area (Å²) in [7, 11) is -4.69. The lowest BCUT2D eigenvalue weighted by atomic mass is 10.2. The minimum atomic E-state index is -4.69. The third kappa shape index (κ3) is 5.72. The maximum Gasteiger partial charge on any atom is 0.0982 e. The summed E-state index contributed by atoms with van der Waals surface area (Å²) in [4.78, 5) is 8.62. The summed E-state index contributed by atoms with van der Waals surface area (Å²) in [6.07, 6.45) is 4.53. The van der Waals surface area contributed by atoms with Crippen LogP contribution in [-0.2, 0) is 6.42 Å². The Morgan fingerprint density at radius 3 is 2.29 bits per heavy atom. The normalized spacial score (nSPS) is 11.0. The first-order valence-corrected chi connectivity index (χ1v) is 7.86. The van der Waals surface area contributed by atoms with Crippen molar-refractivity contribution in [3.8, 4) is 0 Å². The van der Waals surface area contributed by atoms with Gasteiger partial charge in [0.25, 0.3) is 0 Å². The van der Waals surface area contributed by atoms with Gasteiger partial charge in [-0.05, 0) is 29.8 Å². The zero-order chi connectivity index (χ0) is 15.3. The van der Waals surface area contributed by atoms with E-state index in [1.807, 2.05) is 30.6 Å². The lowest BCUT2D eigenvalue weighted by Gasteiger charge is -2.03. The maximum absolute atomic E-state index is 8.60. The summed E-state index contributed by atoms with van der Waals surface area (Å²) in [5.74, 6) is 0. The zero-order valence-corrected chi connectivity index (χ0v) is 12.3. The summed E-state index contributed by atoms with van der Waals surface area (Å²) >= 11 is 1.76. The van der Waals surface area contributed by atoms with Crippen LogP contribution < -0.4 is 14.0 Å². The van der Waals surface area contributed by atoms with Crippen LogP contribution >= 0.6 is 11.3 Å². The number of halogens is 1. The average molecular weight is 327 g/mol. The highest BCUT2D eigenvalue weighted by molar-refractivity contribution is 7.18. The second-order valence-electron chi connectivity index (χ2n) is 4.00. The van der Waals surface area contributed by atoms with Crippen molar-refractivity contribution in [2.45, 2.75) is 6.42 Å². The molecule has 0 unspecified atom stereocenters. The lowest BCUT2D eigenvalue weighted by molar-refractivity contribution is -1.92. The number of hydrogen-bond donors (Lipinski definition) is 1. The van der Waals surface area contributed by atoms with E-state index in [0.717, 1.165) is 16.9 Å². The first-order chi connectivity index (χ1) is 9.92. The van der Waals surface area contributed by atoms with Crippen molar-refractivity contribution in [3.63, 3.8) is 0 Å². The van der Waals surface area contributed by atoms with E-state index in [2.05, 4.69) is 28.2 Å². The van der Waals surface area contributed by atoms with E-state index < -0.39 is 10.2 Å². The molecule has 3 aromatic rings. The van der Waals surface area contributed by atoms with Gasteiger partial charge in [0.05, 0.1) is 30.1 Å². The summed E-state index contributed by atoms with van der Waals surface area (Å²) in [6, 6.07) is 12.3. The Morgan fingerprint density at radius 1 is 1.05 bits per heavy atom. The van der Waals surface area contributed by atoms with Crippen LogP contribution in [0.3, 0.4) is 0 Å². The number of aromatic nitrogens is 2. The van der Waals surface area contributed by atoms with Crippen LogP contribution in [0.25, 0.3) is 10.2 Å². The van der Waals surface area contributed by atoms with Crippen molar-refractivity contribution >= 4 is 21.6 Å². The van der Waals surface area contributed by atoms with Crippen molar-refractivity contribution in [1.82, 2.24) is 9.97 Å². The van der Waals surface area contributed by atoms with E-state index in [1.54, 1.807) is 11.3 Å². The third-order valence-electron chi connectivity index (χ3n) is 2.44. The van der Waals surface area contributed by atoms with Gasteiger partial charge in [0, 0.05) is 18.8 Å². The van der Waals surface area contributed by atoms with Crippen LogP contribution in [0.4, 0.5) is 0 Å². The van der Waals surface area contributed by atoms with Gasteiger partial charge in [-0.2, -0.15) is 14.0 Å². The van der Waals surface area contributed by atoms with E-state index in [4.69, 9.17) is 18.6 Å². The molecule has 0 spiro atoms. The predicted octanol–water partition coefficient (Wildman–Crippen LogP) is -0.842. The highest BCUT2D eigenvalue weighted by atomic mass is 35.7. The monoisotopic (exact) mass is 326 g/mol. The summed E-state index contributed by atoms with van der Waals surface area (Å²) in [5.41, 5.74) is 2.35. The average Bonchev–Trinajstić information content (AvgIpc) is 2.80. The van der Waals surface area contributed by atoms with E-state index in [0.29, 0.717) is 0 Å². The van der Waals surface area contributed by atoms with Crippen LogP contribution in [0.2, 0.25) is 0 Å². The SMILES string of the molecule is [O-][Cl+3]([O-])([O-])O.c1ccc2sc(Cc3ccncc3)nc2c1. The molecule has 1 N–H and O–H groups in total. The smallest absolute Gasteiger partial charge is 0.0982 e. The molecule has 2 heterocycles. The largest absolute Gasteiger partial charge is 0.265 e.